The minimum absolute atomic E-state index is 0.371. The first kappa shape index (κ1) is 44.0. The first-order chi connectivity index (χ1) is 28.1. The Balaban J connectivity index is 1.36. The monoisotopic (exact) mass is 813 g/mol. The first-order valence-corrected chi connectivity index (χ1v) is 20.6. The minimum atomic E-state index is -0.839. The summed E-state index contributed by atoms with van der Waals surface area (Å²) in [6.07, 6.45) is 3.81. The van der Waals surface area contributed by atoms with Gasteiger partial charge in [0.05, 0.1) is 29.9 Å². The average Bonchev–Trinajstić information content (AvgIpc) is 3.32. The molecule has 9 nitrogen and oxygen atoms in total. The molecule has 1 saturated carbocycles. The van der Waals surface area contributed by atoms with Gasteiger partial charge in [0.2, 0.25) is 0 Å². The van der Waals surface area contributed by atoms with E-state index in [2.05, 4.69) is 46.7 Å². The van der Waals surface area contributed by atoms with Crippen LogP contribution in [0.15, 0.2) is 118 Å². The summed E-state index contributed by atoms with van der Waals surface area (Å²) in [5.41, 5.74) is -0.913. The maximum atomic E-state index is 13.2. The summed E-state index contributed by atoms with van der Waals surface area (Å²) < 4.78 is 33.0. The molecule has 1 aromatic heterocycles. The number of ether oxygens (including phenoxy) is 4. The molecule has 60 heavy (non-hydrogen) atoms. The van der Waals surface area contributed by atoms with E-state index < -0.39 is 38.8 Å². The quantitative estimate of drug-likeness (QED) is 0.0318. The molecule has 316 valence electrons. The number of benzene rings is 4. The minimum Gasteiger partial charge on any atom is -0.496 e. The number of fused-ring (bicyclic) bond motifs is 1. The Hall–Kier alpha value is -5.54. The Morgan fingerprint density at radius 2 is 1.48 bits per heavy atom. The Bertz CT molecular complexity index is 2430. The highest BCUT2D eigenvalue weighted by atomic mass is 16.5. The van der Waals surface area contributed by atoms with E-state index in [-0.39, 0.29) is 6.10 Å². The summed E-state index contributed by atoms with van der Waals surface area (Å²) in [5, 5.41) is 4.20. The molecule has 1 heterocycles. The number of rotatable bonds is 16. The van der Waals surface area contributed by atoms with Gasteiger partial charge in [0.25, 0.3) is 0 Å². The fourth-order valence-corrected chi connectivity index (χ4v) is 9.79. The number of nitrogens with zero attached hydrogens (tertiary/aromatic N) is 1. The van der Waals surface area contributed by atoms with Crippen molar-refractivity contribution in [3.63, 3.8) is 0 Å². The Labute approximate surface area is 354 Å². The van der Waals surface area contributed by atoms with E-state index in [0.717, 1.165) is 28.4 Å². The molecule has 5 aromatic rings. The predicted octanol–water partition coefficient (Wildman–Crippen LogP) is 12.1. The predicted molar refractivity (Wildman–Crippen MR) is 240 cm³/mol. The van der Waals surface area contributed by atoms with Crippen LogP contribution in [0.1, 0.15) is 99.6 Å². The molecule has 9 heteroatoms. The summed E-state index contributed by atoms with van der Waals surface area (Å²) in [6.45, 7) is 20.5. The molecule has 1 aliphatic carbocycles. The summed E-state index contributed by atoms with van der Waals surface area (Å²) in [7, 11) is 1.60. The number of carbonyl (C=O) groups excluding carboxylic acids is 1. The normalized spacial score (nSPS) is 20.8. The van der Waals surface area contributed by atoms with Gasteiger partial charge in [-0.25, -0.2) is 4.79 Å². The van der Waals surface area contributed by atoms with E-state index in [1.54, 1.807) is 13.2 Å². The van der Waals surface area contributed by atoms with Gasteiger partial charge in [-0.15, -0.1) is 0 Å². The van der Waals surface area contributed by atoms with E-state index in [9.17, 15) is 14.5 Å². The van der Waals surface area contributed by atoms with Crippen molar-refractivity contribution in [1.82, 2.24) is 0 Å². The highest BCUT2D eigenvalue weighted by molar-refractivity contribution is 6.13. The van der Waals surface area contributed by atoms with Crippen molar-refractivity contribution in [2.45, 2.75) is 117 Å². The molecule has 0 spiro atoms. The van der Waals surface area contributed by atoms with Gasteiger partial charge in [-0.05, 0) is 114 Å². The second kappa shape index (κ2) is 16.5. The lowest BCUT2D eigenvalue weighted by Gasteiger charge is -2.50. The number of carbonyl (C=O) groups is 1. The van der Waals surface area contributed by atoms with Crippen LogP contribution in [0, 0.1) is 15.7 Å². The van der Waals surface area contributed by atoms with Gasteiger partial charge < -0.3 is 23.4 Å². The molecule has 0 aliphatic heterocycles. The number of nitroso groups, excluding NO2 is 1. The molecule has 4 aromatic carbocycles. The van der Waals surface area contributed by atoms with Gasteiger partial charge in [0, 0.05) is 40.5 Å². The van der Waals surface area contributed by atoms with Gasteiger partial charge in [0.15, 0.2) is 6.29 Å². The highest BCUT2D eigenvalue weighted by Gasteiger charge is 2.67. The molecule has 0 amide bonds. The lowest BCUT2D eigenvalue weighted by atomic mass is 9.67. The van der Waals surface area contributed by atoms with Gasteiger partial charge in [-0.3, -0.25) is 4.79 Å². The van der Waals surface area contributed by atoms with Crippen molar-refractivity contribution in [1.29, 1.82) is 0 Å². The molecule has 0 radical (unpaired) electrons. The third kappa shape index (κ3) is 9.42. The maximum absolute atomic E-state index is 13.2. The number of allylic oxidation sites excluding steroid dienone is 1. The van der Waals surface area contributed by atoms with Gasteiger partial charge in [-0.1, -0.05) is 86.6 Å². The van der Waals surface area contributed by atoms with Crippen LogP contribution in [0.4, 0.5) is 0 Å². The van der Waals surface area contributed by atoms with Crippen LogP contribution in [-0.2, 0) is 9.53 Å². The third-order valence-corrected chi connectivity index (χ3v) is 11.9. The largest absolute Gasteiger partial charge is 0.496 e. The molecule has 0 N–H and O–H groups in total. The summed E-state index contributed by atoms with van der Waals surface area (Å²) >= 11 is 0. The molecule has 6 rings (SSSR count). The van der Waals surface area contributed by atoms with Gasteiger partial charge in [0.1, 0.15) is 34.0 Å². The Kier molecular flexibility index (Phi) is 12.1. The molecule has 1 aliphatic rings. The smallest absolute Gasteiger partial charge is 0.344 e. The van der Waals surface area contributed by atoms with Gasteiger partial charge in [-0.2, -0.15) is 4.91 Å². The maximum Gasteiger partial charge on any atom is 0.344 e. The van der Waals surface area contributed by atoms with Crippen molar-refractivity contribution in [3.05, 3.63) is 130 Å². The average molecular weight is 814 g/mol. The molecular weight excluding hydrogens is 755 g/mol. The lowest BCUT2D eigenvalue weighted by molar-refractivity contribution is -0.182. The Morgan fingerprint density at radius 3 is 2.12 bits per heavy atom. The van der Waals surface area contributed by atoms with E-state index in [4.69, 9.17) is 23.4 Å². The van der Waals surface area contributed by atoms with E-state index in [1.165, 1.54) is 0 Å². The molecule has 3 atom stereocenters. The van der Waals surface area contributed by atoms with Crippen LogP contribution in [0.3, 0.4) is 0 Å². The van der Waals surface area contributed by atoms with E-state index >= 15 is 0 Å². The zero-order valence-electron chi connectivity index (χ0n) is 36.9. The molecule has 0 saturated heterocycles. The molecular formula is C51H59NO8. The van der Waals surface area contributed by atoms with E-state index in [1.807, 2.05) is 131 Å². The highest BCUT2D eigenvalue weighted by Crippen LogP contribution is 2.62. The third-order valence-electron chi connectivity index (χ3n) is 11.9. The lowest BCUT2D eigenvalue weighted by Crippen LogP contribution is -2.56. The summed E-state index contributed by atoms with van der Waals surface area (Å²) in [4.78, 5) is 37.2. The fourth-order valence-electron chi connectivity index (χ4n) is 9.79. The van der Waals surface area contributed by atoms with Crippen molar-refractivity contribution >= 4 is 28.9 Å². The second-order valence-electron chi connectivity index (χ2n) is 19.3. The number of methoxy groups -OCH3 is 1. The second-order valence-corrected chi connectivity index (χ2v) is 19.3. The van der Waals surface area contributed by atoms with Crippen molar-refractivity contribution < 1.29 is 28.2 Å². The van der Waals surface area contributed by atoms with Crippen LogP contribution in [0.25, 0.3) is 33.7 Å². The fraction of sp³-hybridized carbons (Fsp3) is 0.412. The van der Waals surface area contributed by atoms with Crippen LogP contribution >= 0.6 is 0 Å². The molecule has 0 bridgehead atoms. The summed E-state index contributed by atoms with van der Waals surface area (Å²) in [6, 6.07) is 32.1. The molecule has 1 fully saturated rings. The van der Waals surface area contributed by atoms with Crippen LogP contribution < -0.4 is 19.8 Å². The number of hydrogen-bond donors (Lipinski definition) is 0. The standard InChI is InChI=1S/C51H59NO8/c1-46(2)31-51(10,59-40-25-23-37-27-41(35-20-16-13-17-21-35)44(54)57-43(37)29-40)50(9,45(46)60-48(5,6)32-47(3,4)52-55)33-49(7,8)58-39-24-22-36(42(28-39)56-11)26-38(30-53)34-18-14-12-15-19-34/h12-30,45H,31-33H2,1-11H3/b38-26+. The zero-order chi connectivity index (χ0) is 43.7. The summed E-state index contributed by atoms with van der Waals surface area (Å²) in [5.74, 6) is 1.72. The number of hydrogen-bond acceptors (Lipinski definition) is 9. The van der Waals surface area contributed by atoms with Crippen LogP contribution in [0.2, 0.25) is 0 Å². The molecule has 3 unspecified atom stereocenters. The van der Waals surface area contributed by atoms with Crippen molar-refractivity contribution in [2.24, 2.45) is 16.0 Å². The topological polar surface area (TPSA) is 114 Å². The van der Waals surface area contributed by atoms with Crippen LogP contribution in [-0.4, -0.2) is 41.8 Å². The van der Waals surface area contributed by atoms with Crippen molar-refractivity contribution in [3.8, 4) is 28.4 Å². The van der Waals surface area contributed by atoms with Crippen LogP contribution in [0.5, 0.6) is 17.2 Å². The number of aldehydes is 1. The van der Waals surface area contributed by atoms with Crippen molar-refractivity contribution in [2.75, 3.05) is 7.11 Å². The zero-order valence-corrected chi connectivity index (χ0v) is 36.9. The van der Waals surface area contributed by atoms with E-state index in [0.29, 0.717) is 53.2 Å². The first-order valence-electron chi connectivity index (χ1n) is 20.6. The van der Waals surface area contributed by atoms with Gasteiger partial charge >= 0.3 is 5.63 Å². The SMILES string of the molecule is COc1cc(OC(C)(C)CC2(C)C(OC(C)(C)CC(C)(C)N=O)C(C)(C)CC2(C)Oc2ccc3cc(-c4ccccc4)c(=O)oc3c2)ccc1/C=C(\C=O)c1ccccc1. The Morgan fingerprint density at radius 1 is 0.833 bits per heavy atom.